The summed E-state index contributed by atoms with van der Waals surface area (Å²) in [6, 6.07) is 5.96. The van der Waals surface area contributed by atoms with Crippen LogP contribution in [0, 0.1) is 20.8 Å². The molecule has 3 aromatic heterocycles. The lowest BCUT2D eigenvalue weighted by molar-refractivity contribution is 0.268. The van der Waals surface area contributed by atoms with Crippen LogP contribution in [0.25, 0.3) is 5.82 Å². The Morgan fingerprint density at radius 1 is 1.14 bits per heavy atom. The van der Waals surface area contributed by atoms with Gasteiger partial charge in [0.2, 0.25) is 0 Å². The number of aromatic amines is 1. The minimum atomic E-state index is -0.0456. The molecule has 0 saturated heterocycles. The predicted molar refractivity (Wildman–Crippen MR) is 107 cm³/mol. The average molecular weight is 381 g/mol. The van der Waals surface area contributed by atoms with E-state index in [-0.39, 0.29) is 11.6 Å². The lowest BCUT2D eigenvalue weighted by Crippen LogP contribution is -2.36. The SMILES string of the molecule is Cc1cc(C)n(-c2ccc(=O)n(C3CCC(NCc4cn[nH]c4C)CC3)n2)n1. The van der Waals surface area contributed by atoms with Crippen molar-refractivity contribution in [3.05, 3.63) is 57.4 Å². The van der Waals surface area contributed by atoms with Crippen LogP contribution in [-0.2, 0) is 6.54 Å². The van der Waals surface area contributed by atoms with Crippen molar-refractivity contribution >= 4 is 0 Å². The maximum Gasteiger partial charge on any atom is 0.267 e. The zero-order valence-electron chi connectivity index (χ0n) is 16.6. The van der Waals surface area contributed by atoms with Gasteiger partial charge < -0.3 is 5.32 Å². The van der Waals surface area contributed by atoms with Gasteiger partial charge in [0.1, 0.15) is 0 Å². The van der Waals surface area contributed by atoms with E-state index in [0.29, 0.717) is 11.9 Å². The molecule has 1 fully saturated rings. The Balaban J connectivity index is 1.43. The number of hydrogen-bond donors (Lipinski definition) is 2. The van der Waals surface area contributed by atoms with E-state index < -0.39 is 0 Å². The van der Waals surface area contributed by atoms with Gasteiger partial charge in [-0.1, -0.05) is 0 Å². The number of H-pyrrole nitrogens is 1. The molecule has 1 saturated carbocycles. The molecule has 3 heterocycles. The lowest BCUT2D eigenvalue weighted by atomic mass is 9.91. The van der Waals surface area contributed by atoms with Crippen molar-refractivity contribution in [1.29, 1.82) is 0 Å². The fourth-order valence-electron chi connectivity index (χ4n) is 3.98. The van der Waals surface area contributed by atoms with Crippen LogP contribution in [0.2, 0.25) is 0 Å². The first kappa shape index (κ1) is 18.6. The number of hydrogen-bond acceptors (Lipinski definition) is 5. The second-order valence-corrected chi connectivity index (χ2v) is 7.72. The first-order valence-electron chi connectivity index (χ1n) is 9.87. The molecule has 0 amide bonds. The second-order valence-electron chi connectivity index (χ2n) is 7.72. The standard InChI is InChI=1S/C20H27N7O/c1-13-10-14(2)26(24-13)19-8-9-20(28)27(25-19)18-6-4-17(5-7-18)21-11-16-12-22-23-15(16)3/h8-10,12,17-18,21H,4-7,11H2,1-3H3,(H,22,23). The van der Waals surface area contributed by atoms with E-state index in [1.165, 1.54) is 5.56 Å². The summed E-state index contributed by atoms with van der Waals surface area (Å²) in [5, 5.41) is 19.8. The van der Waals surface area contributed by atoms with Crippen LogP contribution in [0.5, 0.6) is 0 Å². The van der Waals surface area contributed by atoms with Gasteiger partial charge in [0.15, 0.2) is 5.82 Å². The predicted octanol–water partition coefficient (Wildman–Crippen LogP) is 2.35. The number of nitrogens with one attached hydrogen (secondary N) is 2. The van der Waals surface area contributed by atoms with Crippen molar-refractivity contribution in [3.63, 3.8) is 0 Å². The van der Waals surface area contributed by atoms with E-state index in [0.717, 1.165) is 49.3 Å². The highest BCUT2D eigenvalue weighted by atomic mass is 16.1. The van der Waals surface area contributed by atoms with Crippen molar-refractivity contribution in [2.75, 3.05) is 0 Å². The molecular weight excluding hydrogens is 354 g/mol. The molecular formula is C20H27N7O. The van der Waals surface area contributed by atoms with E-state index in [2.05, 4.69) is 25.7 Å². The van der Waals surface area contributed by atoms with Crippen LogP contribution < -0.4 is 10.9 Å². The monoisotopic (exact) mass is 381 g/mol. The van der Waals surface area contributed by atoms with Crippen molar-refractivity contribution in [2.24, 2.45) is 0 Å². The van der Waals surface area contributed by atoms with Crippen molar-refractivity contribution in [2.45, 2.75) is 65.1 Å². The molecule has 0 atom stereocenters. The molecule has 0 aliphatic heterocycles. The highest BCUT2D eigenvalue weighted by Crippen LogP contribution is 2.27. The third kappa shape index (κ3) is 3.77. The van der Waals surface area contributed by atoms with Crippen molar-refractivity contribution in [3.8, 4) is 5.82 Å². The first-order chi connectivity index (χ1) is 13.5. The van der Waals surface area contributed by atoms with Gasteiger partial charge in [-0.2, -0.15) is 10.2 Å². The van der Waals surface area contributed by atoms with Gasteiger partial charge >= 0.3 is 0 Å². The topological polar surface area (TPSA) is 93.4 Å². The van der Waals surface area contributed by atoms with Crippen LogP contribution in [0.1, 0.15) is 54.4 Å². The fourth-order valence-corrected chi connectivity index (χ4v) is 3.98. The Morgan fingerprint density at radius 2 is 1.93 bits per heavy atom. The van der Waals surface area contributed by atoms with Gasteiger partial charge in [0.05, 0.1) is 17.9 Å². The summed E-state index contributed by atoms with van der Waals surface area (Å²) in [5.41, 5.74) is 4.22. The Bertz CT molecular complexity index is 1010. The summed E-state index contributed by atoms with van der Waals surface area (Å²) in [6.45, 7) is 6.81. The Kier molecular flexibility index (Phi) is 5.13. The summed E-state index contributed by atoms with van der Waals surface area (Å²) in [4.78, 5) is 12.4. The fraction of sp³-hybridized carbons (Fsp3) is 0.500. The van der Waals surface area contributed by atoms with Gasteiger partial charge in [0, 0.05) is 35.6 Å². The minimum Gasteiger partial charge on any atom is -0.310 e. The zero-order chi connectivity index (χ0) is 19.7. The van der Waals surface area contributed by atoms with Crippen LogP contribution in [0.15, 0.2) is 29.2 Å². The molecule has 3 aromatic rings. The van der Waals surface area contributed by atoms with Crippen LogP contribution in [0.3, 0.4) is 0 Å². The third-order valence-electron chi connectivity index (χ3n) is 5.60. The molecule has 0 unspecified atom stereocenters. The highest BCUT2D eigenvalue weighted by molar-refractivity contribution is 5.24. The quantitative estimate of drug-likeness (QED) is 0.708. The van der Waals surface area contributed by atoms with Gasteiger partial charge in [-0.3, -0.25) is 9.89 Å². The largest absolute Gasteiger partial charge is 0.310 e. The van der Waals surface area contributed by atoms with E-state index >= 15 is 0 Å². The smallest absolute Gasteiger partial charge is 0.267 e. The molecule has 2 N–H and O–H groups in total. The average Bonchev–Trinajstić information content (AvgIpc) is 3.25. The molecule has 4 rings (SSSR count). The molecule has 28 heavy (non-hydrogen) atoms. The Labute approximate surface area is 164 Å². The number of aromatic nitrogens is 6. The van der Waals surface area contributed by atoms with Gasteiger partial charge in [0.25, 0.3) is 5.56 Å². The van der Waals surface area contributed by atoms with Gasteiger partial charge in [-0.25, -0.2) is 9.36 Å². The second kappa shape index (κ2) is 7.71. The molecule has 8 nitrogen and oxygen atoms in total. The van der Waals surface area contributed by atoms with E-state index in [1.807, 2.05) is 33.0 Å². The van der Waals surface area contributed by atoms with Crippen LogP contribution >= 0.6 is 0 Å². The van der Waals surface area contributed by atoms with Crippen LogP contribution in [-0.4, -0.2) is 35.8 Å². The van der Waals surface area contributed by atoms with Crippen molar-refractivity contribution in [1.82, 2.24) is 35.1 Å². The molecule has 8 heteroatoms. The number of aryl methyl sites for hydroxylation is 3. The summed E-state index contributed by atoms with van der Waals surface area (Å²) in [5.74, 6) is 0.695. The summed E-state index contributed by atoms with van der Waals surface area (Å²) < 4.78 is 3.45. The maximum atomic E-state index is 12.4. The summed E-state index contributed by atoms with van der Waals surface area (Å²) in [6.07, 6.45) is 5.81. The van der Waals surface area contributed by atoms with E-state index in [9.17, 15) is 4.79 Å². The number of rotatable bonds is 5. The van der Waals surface area contributed by atoms with E-state index in [4.69, 9.17) is 0 Å². The third-order valence-corrected chi connectivity index (χ3v) is 5.60. The molecule has 0 bridgehead atoms. The Hall–Kier alpha value is -2.74. The van der Waals surface area contributed by atoms with Gasteiger partial charge in [-0.15, -0.1) is 5.10 Å². The number of nitrogens with zero attached hydrogens (tertiary/aromatic N) is 5. The van der Waals surface area contributed by atoms with Gasteiger partial charge in [-0.05, 0) is 58.6 Å². The van der Waals surface area contributed by atoms with E-state index in [1.54, 1.807) is 21.5 Å². The highest BCUT2D eigenvalue weighted by Gasteiger charge is 2.24. The molecule has 0 spiro atoms. The molecule has 0 radical (unpaired) electrons. The first-order valence-corrected chi connectivity index (χ1v) is 9.87. The summed E-state index contributed by atoms with van der Waals surface area (Å²) >= 11 is 0. The zero-order valence-corrected chi connectivity index (χ0v) is 16.6. The minimum absolute atomic E-state index is 0.0456. The Morgan fingerprint density at radius 3 is 2.57 bits per heavy atom. The van der Waals surface area contributed by atoms with Crippen molar-refractivity contribution < 1.29 is 0 Å². The molecule has 0 aromatic carbocycles. The molecule has 1 aliphatic rings. The normalized spacial score (nSPS) is 19.8. The van der Waals surface area contributed by atoms with Crippen LogP contribution in [0.4, 0.5) is 0 Å². The maximum absolute atomic E-state index is 12.4. The summed E-state index contributed by atoms with van der Waals surface area (Å²) in [7, 11) is 0. The molecule has 1 aliphatic carbocycles. The molecule has 148 valence electrons. The lowest BCUT2D eigenvalue weighted by Gasteiger charge is -2.29.